The Morgan fingerprint density at radius 2 is 1.20 bits per heavy atom. The summed E-state index contributed by atoms with van der Waals surface area (Å²) in [6.45, 7) is 1.92. The van der Waals surface area contributed by atoms with E-state index < -0.39 is 177 Å². The third kappa shape index (κ3) is 29.6. The number of carbonyl (C=O) groups is 10. The highest BCUT2D eigenvalue weighted by Gasteiger charge is 2.59. The van der Waals surface area contributed by atoms with Crippen molar-refractivity contribution in [3.8, 4) is 38.4 Å². The van der Waals surface area contributed by atoms with Gasteiger partial charge in [-0.15, -0.1) is 10.2 Å². The highest BCUT2D eigenvalue weighted by molar-refractivity contribution is 7.17. The number of aliphatic hydroxyl groups is 6. The Kier molecular flexibility index (Phi) is 39.1. The molecule has 13 atom stereocenters. The standard InChI is InChI=1S/C60H83N11O17S.C2F6.C2HF3O2.2CH2O2/c1-32-30-71-50(51(32)78)56(83)63-29-38(73)27-41(64-52(79)35-10-12-36(13-11-35)57-68-69-58(89-57)37-14-16-40(17-15-37)87-23-8-6-4-5-7-22-86-3)53(80)65-47(33(2)72)59(84)70-31-39(74)28-42(70)54(81)66-48(55(82)67-49(60(71)85)44(76)19-20-61)45(77)25-34-9-18-43(75)46(26-34)88-24-21-62;3-1(4,5)2(6,7)8;3-2(4,5)1(6)7;2*2-1-3/h9-18,26,32-33,38-39,41-42,44-45,47-51,72-78H,4-8,19-25,27-31,61-62H2,1-3H3,(H,63,83)(H,64,79)(H,65,80)(H,66,81)(H,67,82);;(H,6,7);2*1H,(H,2,3)/t32-,33+,38+,39+,41-,42-,44+,45+,47-,48-,49-,50-,51-;;;;/m0..../s1. The molecule has 3 fully saturated rings. The summed E-state index contributed by atoms with van der Waals surface area (Å²) >= 11 is 1.31. The summed E-state index contributed by atoms with van der Waals surface area (Å²) in [6.07, 6.45) is -23.8. The van der Waals surface area contributed by atoms with E-state index in [1.54, 1.807) is 19.2 Å². The number of carboxylic acid groups (broad SMARTS) is 3. The van der Waals surface area contributed by atoms with Crippen LogP contribution in [0.1, 0.15) is 81.1 Å². The zero-order valence-electron chi connectivity index (χ0n) is 59.1. The highest BCUT2D eigenvalue weighted by Crippen LogP contribution is 2.37. The number of halogens is 9. The number of aliphatic carboxylic acids is 1. The number of carbonyl (C=O) groups excluding carboxylic acids is 7. The first-order valence-corrected chi connectivity index (χ1v) is 34.3. The number of ether oxygens (including phenoxy) is 3. The average Bonchev–Trinajstić information content (AvgIpc) is 1.63. The van der Waals surface area contributed by atoms with Gasteiger partial charge in [-0.1, -0.05) is 55.7 Å². The maximum atomic E-state index is 14.7. The van der Waals surface area contributed by atoms with Crippen molar-refractivity contribution in [3.05, 3.63) is 77.9 Å². The van der Waals surface area contributed by atoms with Crippen LogP contribution in [-0.4, -0.2) is 282 Å². The van der Waals surface area contributed by atoms with Gasteiger partial charge >= 0.3 is 24.5 Å². The number of benzene rings is 3. The lowest BCUT2D eigenvalue weighted by atomic mass is 9.98. The lowest BCUT2D eigenvalue weighted by Crippen LogP contribution is -2.64. The Morgan fingerprint density at radius 3 is 1.73 bits per heavy atom. The molecule has 7 amide bonds. The van der Waals surface area contributed by atoms with Crippen LogP contribution in [0, 0.1) is 5.92 Å². The first-order chi connectivity index (χ1) is 51.6. The molecular weight excluding hydrogens is 1520 g/mol. The molecule has 4 aromatic rings. The Hall–Kier alpha value is -9.67. The number of aliphatic hydroxyl groups excluding tert-OH is 6. The van der Waals surface area contributed by atoms with Crippen molar-refractivity contribution < 1.29 is 153 Å². The van der Waals surface area contributed by atoms with Gasteiger partial charge in [0.05, 0.1) is 43.2 Å². The first kappa shape index (κ1) is 94.5. The molecule has 34 nitrogen and oxygen atoms in total. The van der Waals surface area contributed by atoms with Gasteiger partial charge in [0.1, 0.15) is 58.6 Å². The van der Waals surface area contributed by atoms with Crippen LogP contribution in [0.4, 0.5) is 39.5 Å². The van der Waals surface area contributed by atoms with E-state index in [2.05, 4.69) is 36.8 Å². The lowest BCUT2D eigenvalue weighted by Gasteiger charge is -2.34. The fourth-order valence-electron chi connectivity index (χ4n) is 10.8. The molecule has 0 bridgehead atoms. The molecular formula is C66H88F9N11O23S. The number of phenols is 1. The molecule has 19 N–H and O–H groups in total. The highest BCUT2D eigenvalue weighted by atomic mass is 32.1. The number of rotatable bonds is 23. The van der Waals surface area contributed by atoms with Crippen molar-refractivity contribution in [1.29, 1.82) is 0 Å². The summed E-state index contributed by atoms with van der Waals surface area (Å²) in [4.78, 5) is 129. The summed E-state index contributed by atoms with van der Waals surface area (Å²) in [5.74, 6) is -10.7. The van der Waals surface area contributed by atoms with Crippen LogP contribution in [0.25, 0.3) is 21.1 Å². The number of nitrogens with zero attached hydrogens (tertiary/aromatic N) is 4. The van der Waals surface area contributed by atoms with Crippen molar-refractivity contribution in [2.24, 2.45) is 17.4 Å². The molecule has 3 aromatic carbocycles. The van der Waals surface area contributed by atoms with E-state index in [0.29, 0.717) is 22.2 Å². The number of aromatic hydroxyl groups is 1. The number of methoxy groups -OCH3 is 1. The van der Waals surface area contributed by atoms with Gasteiger partial charge in [0.25, 0.3) is 18.9 Å². The third-order valence-corrected chi connectivity index (χ3v) is 17.3. The number of phenolic OH excluding ortho intramolecular Hbond substituents is 1. The fraction of sp³-hybridized carbons (Fsp3) is 0.545. The number of hydrogen-bond donors (Lipinski definition) is 17. The van der Waals surface area contributed by atoms with E-state index in [1.807, 2.05) is 24.3 Å². The minimum Gasteiger partial charge on any atom is -0.504 e. The zero-order valence-corrected chi connectivity index (χ0v) is 59.9. The second-order valence-electron chi connectivity index (χ2n) is 24.6. The van der Waals surface area contributed by atoms with Gasteiger partial charge in [-0.05, 0) is 86.8 Å². The third-order valence-electron chi connectivity index (χ3n) is 16.3. The second-order valence-corrected chi connectivity index (χ2v) is 25.6. The van der Waals surface area contributed by atoms with Gasteiger partial charge in [-0.2, -0.15) is 39.5 Å². The minimum atomic E-state index is -6.06. The first-order valence-electron chi connectivity index (χ1n) is 33.4. The molecule has 1 aromatic heterocycles. The summed E-state index contributed by atoms with van der Waals surface area (Å²) < 4.78 is 111. The maximum absolute atomic E-state index is 14.7. The SMILES string of the molecule is COCCCCCCCOc1ccc(-c2nnc(-c3ccc(C(=O)N[C@H]4C[C@@H](O)CNC(=O)[C@@H]5[C@@H](O)[C@@H](C)CN5C(=O)[C@H]([C@H](O)CCN)NC(=O)[C@H]([C@H](O)Cc5ccc(O)c(OCCN)c5)NC(=O)[C@@H]5C[C@@H](O)CN5C(=O)[C@H]([C@@H](C)O)NC4=O)cc3)s2)cc1.FC(F)(F)C(F)(F)F.O=C(O)C(F)(F)F.O=CO.O=CO. The van der Waals surface area contributed by atoms with Crippen molar-refractivity contribution in [3.63, 3.8) is 0 Å². The molecule has 3 aliphatic heterocycles. The molecule has 3 aliphatic rings. The van der Waals surface area contributed by atoms with E-state index in [0.717, 1.165) is 66.7 Å². The molecule has 0 unspecified atom stereocenters. The summed E-state index contributed by atoms with van der Waals surface area (Å²) in [5, 5.41) is 122. The Labute approximate surface area is 625 Å². The minimum absolute atomic E-state index is 0.00574. The smallest absolute Gasteiger partial charge is 0.490 e. The maximum Gasteiger partial charge on any atom is 0.490 e. The second kappa shape index (κ2) is 45.5. The molecule has 0 spiro atoms. The summed E-state index contributed by atoms with van der Waals surface area (Å²) in [6, 6.07) is 6.67. The van der Waals surface area contributed by atoms with Crippen LogP contribution in [0.3, 0.4) is 0 Å². The van der Waals surface area contributed by atoms with Gasteiger partial charge in [-0.25, -0.2) is 4.79 Å². The predicted molar refractivity (Wildman–Crippen MR) is 366 cm³/mol. The normalized spacial score (nSPS) is 22.3. The van der Waals surface area contributed by atoms with Crippen molar-refractivity contribution in [1.82, 2.24) is 46.6 Å². The number of nitrogens with two attached hydrogens (primary N) is 2. The molecule has 3 saturated heterocycles. The lowest BCUT2D eigenvalue weighted by molar-refractivity contribution is -0.339. The van der Waals surface area contributed by atoms with E-state index >= 15 is 0 Å². The molecule has 110 heavy (non-hydrogen) atoms. The van der Waals surface area contributed by atoms with Crippen LogP contribution in [-0.2, 0) is 54.3 Å². The van der Waals surface area contributed by atoms with E-state index in [1.165, 1.54) is 48.6 Å². The van der Waals surface area contributed by atoms with Crippen molar-refractivity contribution in [2.45, 2.75) is 163 Å². The van der Waals surface area contributed by atoms with Gasteiger partial charge in [0.15, 0.2) is 11.5 Å². The molecule has 614 valence electrons. The monoisotopic (exact) mass is 1610 g/mol. The van der Waals surface area contributed by atoms with Gasteiger partial charge in [0, 0.05) is 81.8 Å². The van der Waals surface area contributed by atoms with Crippen molar-refractivity contribution >= 4 is 71.6 Å². The number of alkyl halides is 9. The van der Waals surface area contributed by atoms with Crippen LogP contribution in [0.15, 0.2) is 66.7 Å². The largest absolute Gasteiger partial charge is 0.504 e. The van der Waals surface area contributed by atoms with E-state index in [4.69, 9.17) is 55.4 Å². The number of fused-ring (bicyclic) bond motifs is 2. The Morgan fingerprint density at radius 1 is 0.673 bits per heavy atom. The van der Waals surface area contributed by atoms with Gasteiger partial charge in [-0.3, -0.25) is 43.2 Å². The van der Waals surface area contributed by atoms with E-state index in [9.17, 15) is 109 Å². The van der Waals surface area contributed by atoms with Crippen LogP contribution in [0.5, 0.6) is 17.2 Å². The summed E-state index contributed by atoms with van der Waals surface area (Å²) in [7, 11) is 1.70. The van der Waals surface area contributed by atoms with Gasteiger partial charge in [0.2, 0.25) is 35.4 Å². The average molecular weight is 1610 g/mol. The van der Waals surface area contributed by atoms with E-state index in [-0.39, 0.29) is 68.2 Å². The quantitative estimate of drug-likeness (QED) is 0.0270. The number of aromatic nitrogens is 2. The van der Waals surface area contributed by atoms with Crippen LogP contribution in [0.2, 0.25) is 0 Å². The number of carboxylic acids is 1. The summed E-state index contributed by atoms with van der Waals surface area (Å²) in [5.41, 5.74) is 13.1. The number of hydrogen-bond acceptors (Lipinski definition) is 25. The number of unbranched alkanes of at least 4 members (excludes halogenated alkanes) is 4. The van der Waals surface area contributed by atoms with Gasteiger partial charge < -0.3 is 113 Å². The number of amides is 7. The topological polar surface area (TPSA) is 545 Å². The molecule has 44 heteroatoms. The molecule has 0 aliphatic carbocycles. The molecule has 7 rings (SSSR count). The Bertz CT molecular complexity index is 3590. The molecule has 0 saturated carbocycles. The van der Waals surface area contributed by atoms with Crippen molar-refractivity contribution in [2.75, 3.05) is 59.7 Å². The Balaban J connectivity index is 0.00000131. The van der Waals surface area contributed by atoms with Crippen LogP contribution < -0.4 is 47.5 Å². The van der Waals surface area contributed by atoms with Crippen LogP contribution >= 0.6 is 11.3 Å². The zero-order chi connectivity index (χ0) is 83.0. The fourth-order valence-corrected chi connectivity index (χ4v) is 11.7. The number of β-amino-alcohol motifs (C(OH)–C–C–N with tert-alkyl or cyclic N) is 1. The molecule has 0 radical (unpaired) electrons. The number of nitrogens with one attached hydrogen (secondary N) is 5. The molecule has 4 heterocycles. The predicted octanol–water partition coefficient (Wildman–Crippen LogP) is 0.334.